The second-order valence-electron chi connectivity index (χ2n) is 11.4. The number of aliphatic hydroxyl groups excluding tert-OH is 1. The van der Waals surface area contributed by atoms with Crippen molar-refractivity contribution in [3.63, 3.8) is 0 Å². The minimum Gasteiger partial charge on any atom is -0.378 e. The molecule has 3 N–H and O–H groups in total. The van der Waals surface area contributed by atoms with E-state index < -0.39 is 29.3 Å². The van der Waals surface area contributed by atoms with Crippen LogP contribution in [0.2, 0.25) is 0 Å². The van der Waals surface area contributed by atoms with Crippen molar-refractivity contribution in [1.82, 2.24) is 20.1 Å². The van der Waals surface area contributed by atoms with Crippen LogP contribution in [-0.2, 0) is 16.6 Å². The summed E-state index contributed by atoms with van der Waals surface area (Å²) in [6.07, 6.45) is 0.210. The minimum absolute atomic E-state index is 0.0232. The fraction of sp³-hybridized carbons (Fsp3) is 0.281. The van der Waals surface area contributed by atoms with Crippen LogP contribution in [0.5, 0.6) is 0 Å². The molecule has 4 rings (SSSR count). The number of benzene rings is 2. The van der Waals surface area contributed by atoms with Crippen LogP contribution in [0.1, 0.15) is 65.2 Å². The topological polar surface area (TPSA) is 128 Å². The third-order valence-corrected chi connectivity index (χ3v) is 7.03. The second-order valence-corrected chi connectivity index (χ2v) is 11.4. The van der Waals surface area contributed by atoms with Gasteiger partial charge in [0.05, 0.1) is 11.4 Å². The maximum Gasteiger partial charge on any atom is 0.267 e. The lowest BCUT2D eigenvalue weighted by atomic mass is 9.86. The van der Waals surface area contributed by atoms with Crippen molar-refractivity contribution >= 4 is 17.5 Å². The highest BCUT2D eigenvalue weighted by atomic mass is 19.1. The van der Waals surface area contributed by atoms with Crippen molar-refractivity contribution in [3.05, 3.63) is 110 Å². The number of H-pyrrole nitrogens is 1. The van der Waals surface area contributed by atoms with Crippen LogP contribution in [0.3, 0.4) is 0 Å². The third-order valence-electron chi connectivity index (χ3n) is 7.03. The second kappa shape index (κ2) is 12.0. The molecule has 9 nitrogen and oxygen atoms in total. The van der Waals surface area contributed by atoms with Gasteiger partial charge in [0.1, 0.15) is 5.82 Å². The Morgan fingerprint density at radius 2 is 1.76 bits per heavy atom. The van der Waals surface area contributed by atoms with Crippen LogP contribution in [0, 0.1) is 12.7 Å². The Kier molecular flexibility index (Phi) is 8.67. The summed E-state index contributed by atoms with van der Waals surface area (Å²) in [4.78, 5) is 43.2. The van der Waals surface area contributed by atoms with Gasteiger partial charge in [-0.3, -0.25) is 19.4 Å². The van der Waals surface area contributed by atoms with Gasteiger partial charge >= 0.3 is 0 Å². The van der Waals surface area contributed by atoms with E-state index in [9.17, 15) is 23.9 Å². The van der Waals surface area contributed by atoms with Crippen LogP contribution in [0.15, 0.2) is 65.6 Å². The molecular formula is C32H34FN5O4. The molecule has 0 aliphatic rings. The standard InChI is InChI=1S/C32H34FN5O4/c1-18-24(13-14-25(33)27(18)35-29(40)19-7-10-22(11-8-19)32(2,3)4)26-16-21(30(41)37-36-26)15-23-12-9-20(17-34-23)28(39)31(42)38(5)6/h7-14,16-17,28,39H,15H2,1-6H3,(H,35,40)(H,37,41)/t28-/m1/s1. The van der Waals surface area contributed by atoms with Crippen LogP contribution in [0.4, 0.5) is 10.1 Å². The molecule has 0 saturated carbocycles. The van der Waals surface area contributed by atoms with Gasteiger partial charge in [-0.25, -0.2) is 9.49 Å². The quantitative estimate of drug-likeness (QED) is 0.299. The first-order valence-electron chi connectivity index (χ1n) is 13.4. The molecular weight excluding hydrogens is 537 g/mol. The van der Waals surface area contributed by atoms with E-state index in [4.69, 9.17) is 0 Å². The van der Waals surface area contributed by atoms with Crippen LogP contribution in [0.25, 0.3) is 11.3 Å². The maximum absolute atomic E-state index is 14.9. The molecule has 2 aromatic carbocycles. The minimum atomic E-state index is -1.34. The predicted molar refractivity (Wildman–Crippen MR) is 159 cm³/mol. The number of likely N-dealkylation sites (N-methyl/N-ethyl adjacent to an activating group) is 1. The molecule has 4 aromatic rings. The number of nitrogens with zero attached hydrogens (tertiary/aromatic N) is 3. The number of carbonyl (C=O) groups is 2. The van der Waals surface area contributed by atoms with E-state index in [0.717, 1.165) is 5.56 Å². The zero-order valence-corrected chi connectivity index (χ0v) is 24.4. The number of aromatic nitrogens is 3. The number of carbonyl (C=O) groups excluding carboxylic acids is 2. The Balaban J connectivity index is 1.58. The van der Waals surface area contributed by atoms with Gasteiger partial charge in [0.2, 0.25) is 0 Å². The summed E-state index contributed by atoms with van der Waals surface area (Å²) in [6, 6.07) is 14.8. The largest absolute Gasteiger partial charge is 0.378 e. The average molecular weight is 572 g/mol. The van der Waals surface area contributed by atoms with Gasteiger partial charge in [0, 0.05) is 54.7 Å². The zero-order chi connectivity index (χ0) is 30.8. The van der Waals surface area contributed by atoms with E-state index in [-0.39, 0.29) is 17.5 Å². The van der Waals surface area contributed by atoms with Gasteiger partial charge in [0.25, 0.3) is 17.4 Å². The number of aliphatic hydroxyl groups is 1. The van der Waals surface area contributed by atoms with E-state index in [2.05, 4.69) is 41.3 Å². The molecule has 0 radical (unpaired) electrons. The summed E-state index contributed by atoms with van der Waals surface area (Å²) >= 11 is 0. The Morgan fingerprint density at radius 3 is 2.36 bits per heavy atom. The Morgan fingerprint density at radius 1 is 1.07 bits per heavy atom. The molecule has 0 saturated heterocycles. The molecule has 0 bridgehead atoms. The van der Waals surface area contributed by atoms with Crippen molar-refractivity contribution in [2.45, 2.75) is 45.6 Å². The van der Waals surface area contributed by atoms with Gasteiger partial charge in [-0.1, -0.05) is 39.0 Å². The van der Waals surface area contributed by atoms with Crippen molar-refractivity contribution in [3.8, 4) is 11.3 Å². The highest BCUT2D eigenvalue weighted by Crippen LogP contribution is 2.30. The van der Waals surface area contributed by atoms with Crippen molar-refractivity contribution in [2.75, 3.05) is 19.4 Å². The maximum atomic E-state index is 14.9. The summed E-state index contributed by atoms with van der Waals surface area (Å²) in [5.74, 6) is -1.51. The lowest BCUT2D eigenvalue weighted by Gasteiger charge is -2.19. The number of rotatable bonds is 7. The van der Waals surface area contributed by atoms with E-state index in [1.807, 2.05) is 12.1 Å². The van der Waals surface area contributed by atoms with Gasteiger partial charge in [-0.15, -0.1) is 0 Å². The van der Waals surface area contributed by atoms with E-state index in [0.29, 0.717) is 39.2 Å². The fourth-order valence-electron chi connectivity index (χ4n) is 4.42. The Labute approximate surface area is 243 Å². The van der Waals surface area contributed by atoms with Crippen LogP contribution >= 0.6 is 0 Å². The molecule has 218 valence electrons. The van der Waals surface area contributed by atoms with Gasteiger partial charge in [-0.2, -0.15) is 5.10 Å². The molecule has 2 heterocycles. The number of hydrogen-bond donors (Lipinski definition) is 3. The highest BCUT2D eigenvalue weighted by Gasteiger charge is 2.21. The van der Waals surface area contributed by atoms with Crippen molar-refractivity contribution < 1.29 is 19.1 Å². The number of hydrogen-bond acceptors (Lipinski definition) is 6. The number of anilines is 1. The fourth-order valence-corrected chi connectivity index (χ4v) is 4.42. The molecule has 2 amide bonds. The summed E-state index contributed by atoms with van der Waals surface area (Å²) in [5, 5.41) is 19.6. The molecule has 42 heavy (non-hydrogen) atoms. The van der Waals surface area contributed by atoms with Crippen molar-refractivity contribution in [2.24, 2.45) is 0 Å². The SMILES string of the molecule is Cc1c(-c2cc(Cc3ccc([C@@H](O)C(=O)N(C)C)cn3)c(=O)[nH]n2)ccc(F)c1NC(=O)c1ccc(C(C)(C)C)cc1. The lowest BCUT2D eigenvalue weighted by molar-refractivity contribution is -0.137. The molecule has 10 heteroatoms. The first kappa shape index (κ1) is 30.3. The summed E-state index contributed by atoms with van der Waals surface area (Å²) in [6.45, 7) is 7.91. The van der Waals surface area contributed by atoms with Crippen LogP contribution < -0.4 is 10.9 Å². The molecule has 0 fully saturated rings. The normalized spacial score (nSPS) is 12.1. The molecule has 2 aromatic heterocycles. The number of halogens is 1. The number of pyridine rings is 1. The van der Waals surface area contributed by atoms with Crippen LogP contribution in [-0.4, -0.2) is 51.1 Å². The first-order chi connectivity index (χ1) is 19.8. The lowest BCUT2D eigenvalue weighted by Crippen LogP contribution is -2.28. The van der Waals surface area contributed by atoms with E-state index >= 15 is 0 Å². The monoisotopic (exact) mass is 571 g/mol. The van der Waals surface area contributed by atoms with E-state index in [1.165, 1.54) is 17.2 Å². The smallest absolute Gasteiger partial charge is 0.267 e. The summed E-state index contributed by atoms with van der Waals surface area (Å²) in [5.41, 5.74) is 3.60. The van der Waals surface area contributed by atoms with Gasteiger partial charge in [0.15, 0.2) is 6.10 Å². The molecule has 0 spiro atoms. The average Bonchev–Trinajstić information content (AvgIpc) is 2.95. The molecule has 0 aliphatic carbocycles. The predicted octanol–water partition coefficient (Wildman–Crippen LogP) is 4.54. The Bertz CT molecular complexity index is 1670. The van der Waals surface area contributed by atoms with Crippen molar-refractivity contribution in [1.29, 1.82) is 0 Å². The first-order valence-corrected chi connectivity index (χ1v) is 13.4. The van der Waals surface area contributed by atoms with E-state index in [1.54, 1.807) is 57.4 Å². The third kappa shape index (κ3) is 6.60. The van der Waals surface area contributed by atoms with Gasteiger partial charge in [-0.05, 0) is 59.9 Å². The number of aromatic amines is 1. The zero-order valence-electron chi connectivity index (χ0n) is 24.4. The van der Waals surface area contributed by atoms with Gasteiger partial charge < -0.3 is 15.3 Å². The highest BCUT2D eigenvalue weighted by molar-refractivity contribution is 6.05. The summed E-state index contributed by atoms with van der Waals surface area (Å²) in [7, 11) is 3.10. The summed E-state index contributed by atoms with van der Waals surface area (Å²) < 4.78 is 14.9. The Hall–Kier alpha value is -4.70. The molecule has 0 aliphatic heterocycles. The number of nitrogens with one attached hydrogen (secondary N) is 2. The molecule has 1 atom stereocenters. The number of amides is 2. The molecule has 0 unspecified atom stereocenters.